The lowest BCUT2D eigenvalue weighted by Gasteiger charge is -1.97. The summed E-state index contributed by atoms with van der Waals surface area (Å²) >= 11 is 0. The van der Waals surface area contributed by atoms with E-state index in [9.17, 15) is 9.90 Å². The molecule has 0 bridgehead atoms. The molecule has 0 aliphatic rings. The van der Waals surface area contributed by atoms with Crippen LogP contribution in [-0.4, -0.2) is 21.0 Å². The van der Waals surface area contributed by atoms with Crippen LogP contribution in [0.25, 0.3) is 16.8 Å². The van der Waals surface area contributed by atoms with Crippen molar-refractivity contribution in [2.75, 3.05) is 0 Å². The Morgan fingerprint density at radius 2 is 1.89 bits per heavy atom. The second kappa shape index (κ2) is 4.00. The predicted octanol–water partition coefficient (Wildman–Crippen LogP) is 2.52. The van der Waals surface area contributed by atoms with Crippen LogP contribution >= 0.6 is 0 Å². The topological polar surface area (TPSA) is 54.6 Å². The molecule has 0 radical (unpaired) electrons. The highest BCUT2D eigenvalue weighted by Gasteiger charge is 2.13. The van der Waals surface area contributed by atoms with Gasteiger partial charge in [-0.25, -0.2) is 4.52 Å². The van der Waals surface area contributed by atoms with E-state index < -0.39 is 0 Å². The van der Waals surface area contributed by atoms with Crippen molar-refractivity contribution in [1.29, 1.82) is 0 Å². The summed E-state index contributed by atoms with van der Waals surface area (Å²) in [5.41, 5.74) is 2.76. The third-order valence-corrected chi connectivity index (χ3v) is 2.84. The lowest BCUT2D eigenvalue weighted by Crippen LogP contribution is -1.84. The van der Waals surface area contributed by atoms with Gasteiger partial charge in [-0.3, -0.25) is 4.79 Å². The molecule has 0 aliphatic heterocycles. The maximum atomic E-state index is 11.2. The largest absolute Gasteiger partial charge is 0.508 e. The molecule has 88 valence electrons. The minimum Gasteiger partial charge on any atom is -0.508 e. The van der Waals surface area contributed by atoms with E-state index in [1.54, 1.807) is 35.0 Å². The molecule has 0 aliphatic carbocycles. The molecule has 4 nitrogen and oxygen atoms in total. The number of pyridine rings is 1. The standard InChI is InChI=1S/C14H10N2O2/c17-9-12-13-3-1-2-8-16(13)15-14(12)10-4-6-11(18)7-5-10/h1-9,18H. The lowest BCUT2D eigenvalue weighted by atomic mass is 10.1. The van der Waals surface area contributed by atoms with Crippen LogP contribution in [-0.2, 0) is 0 Å². The highest BCUT2D eigenvalue weighted by Crippen LogP contribution is 2.26. The molecular formula is C14H10N2O2. The Kier molecular flexibility index (Phi) is 2.34. The number of phenols is 1. The smallest absolute Gasteiger partial charge is 0.154 e. The number of fused-ring (bicyclic) bond motifs is 1. The number of aldehydes is 1. The van der Waals surface area contributed by atoms with E-state index in [2.05, 4.69) is 5.10 Å². The predicted molar refractivity (Wildman–Crippen MR) is 67.7 cm³/mol. The lowest BCUT2D eigenvalue weighted by molar-refractivity contribution is 0.112. The maximum absolute atomic E-state index is 11.2. The molecule has 0 saturated carbocycles. The van der Waals surface area contributed by atoms with Gasteiger partial charge in [0.2, 0.25) is 0 Å². The number of carbonyl (C=O) groups excluding carboxylic acids is 1. The first-order valence-electron chi connectivity index (χ1n) is 5.51. The Morgan fingerprint density at radius 1 is 1.11 bits per heavy atom. The Hall–Kier alpha value is -2.62. The first-order chi connectivity index (χ1) is 8.79. The van der Waals surface area contributed by atoms with Crippen LogP contribution in [0.1, 0.15) is 10.4 Å². The van der Waals surface area contributed by atoms with E-state index in [1.807, 2.05) is 18.2 Å². The summed E-state index contributed by atoms with van der Waals surface area (Å²) in [5.74, 6) is 0.190. The van der Waals surface area contributed by atoms with Crippen molar-refractivity contribution in [3.63, 3.8) is 0 Å². The van der Waals surface area contributed by atoms with Crippen LogP contribution < -0.4 is 0 Å². The van der Waals surface area contributed by atoms with Gasteiger partial charge < -0.3 is 5.11 Å². The first-order valence-corrected chi connectivity index (χ1v) is 5.51. The number of phenolic OH excluding ortho intramolecular Hbond substituents is 1. The van der Waals surface area contributed by atoms with E-state index in [1.165, 1.54) is 0 Å². The normalized spacial score (nSPS) is 10.7. The van der Waals surface area contributed by atoms with Gasteiger partial charge in [-0.15, -0.1) is 0 Å². The van der Waals surface area contributed by atoms with Gasteiger partial charge in [-0.2, -0.15) is 5.10 Å². The fraction of sp³-hybridized carbons (Fsp3) is 0. The van der Waals surface area contributed by atoms with Crippen molar-refractivity contribution < 1.29 is 9.90 Å². The van der Waals surface area contributed by atoms with Crippen molar-refractivity contribution in [2.24, 2.45) is 0 Å². The van der Waals surface area contributed by atoms with E-state index >= 15 is 0 Å². The highest BCUT2D eigenvalue weighted by molar-refractivity contribution is 5.94. The molecular weight excluding hydrogens is 228 g/mol. The molecule has 3 aromatic rings. The van der Waals surface area contributed by atoms with E-state index in [0.717, 1.165) is 17.4 Å². The van der Waals surface area contributed by atoms with Crippen molar-refractivity contribution in [3.8, 4) is 17.0 Å². The number of nitrogens with zero attached hydrogens (tertiary/aromatic N) is 2. The Morgan fingerprint density at radius 3 is 2.61 bits per heavy atom. The maximum Gasteiger partial charge on any atom is 0.154 e. The quantitative estimate of drug-likeness (QED) is 0.698. The zero-order chi connectivity index (χ0) is 12.5. The molecule has 2 aromatic heterocycles. The van der Waals surface area contributed by atoms with Crippen LogP contribution in [0.15, 0.2) is 48.7 Å². The second-order valence-corrected chi connectivity index (χ2v) is 3.96. The molecule has 0 amide bonds. The minimum atomic E-state index is 0.190. The number of rotatable bonds is 2. The fourth-order valence-corrected chi connectivity index (χ4v) is 1.97. The van der Waals surface area contributed by atoms with Gasteiger partial charge >= 0.3 is 0 Å². The van der Waals surface area contributed by atoms with Crippen LogP contribution in [0.2, 0.25) is 0 Å². The summed E-state index contributed by atoms with van der Waals surface area (Å²) in [6.45, 7) is 0. The van der Waals surface area contributed by atoms with Gasteiger partial charge in [0.1, 0.15) is 11.4 Å². The summed E-state index contributed by atoms with van der Waals surface area (Å²) < 4.78 is 1.67. The van der Waals surface area contributed by atoms with Crippen LogP contribution in [0, 0.1) is 0 Å². The van der Waals surface area contributed by atoms with Crippen molar-refractivity contribution in [3.05, 3.63) is 54.2 Å². The third-order valence-electron chi connectivity index (χ3n) is 2.84. The molecule has 0 saturated heterocycles. The van der Waals surface area contributed by atoms with Crippen LogP contribution in [0.5, 0.6) is 5.75 Å². The van der Waals surface area contributed by atoms with Gasteiger partial charge in [-0.05, 0) is 36.4 Å². The van der Waals surface area contributed by atoms with Crippen LogP contribution in [0.3, 0.4) is 0 Å². The van der Waals surface area contributed by atoms with Crippen molar-refractivity contribution >= 4 is 11.8 Å². The monoisotopic (exact) mass is 238 g/mol. The Bertz CT molecular complexity index is 714. The number of aromatic nitrogens is 2. The number of hydrogen-bond acceptors (Lipinski definition) is 3. The van der Waals surface area contributed by atoms with E-state index in [0.29, 0.717) is 11.3 Å². The van der Waals surface area contributed by atoms with Gasteiger partial charge in [0.15, 0.2) is 6.29 Å². The number of benzene rings is 1. The van der Waals surface area contributed by atoms with Crippen molar-refractivity contribution in [1.82, 2.24) is 9.61 Å². The van der Waals surface area contributed by atoms with Crippen LogP contribution in [0.4, 0.5) is 0 Å². The average molecular weight is 238 g/mol. The zero-order valence-corrected chi connectivity index (χ0v) is 9.45. The molecule has 3 rings (SSSR count). The van der Waals surface area contributed by atoms with Gasteiger partial charge in [0.05, 0.1) is 11.1 Å². The third kappa shape index (κ3) is 1.55. The first kappa shape index (κ1) is 10.5. The molecule has 4 heteroatoms. The summed E-state index contributed by atoms with van der Waals surface area (Å²) in [4.78, 5) is 11.2. The number of hydrogen-bond donors (Lipinski definition) is 1. The molecule has 2 heterocycles. The number of aromatic hydroxyl groups is 1. The molecule has 1 N–H and O–H groups in total. The summed E-state index contributed by atoms with van der Waals surface area (Å²) in [5, 5.41) is 13.7. The highest BCUT2D eigenvalue weighted by atomic mass is 16.3. The molecule has 0 spiro atoms. The van der Waals surface area contributed by atoms with Gasteiger partial charge in [0.25, 0.3) is 0 Å². The molecule has 18 heavy (non-hydrogen) atoms. The molecule has 0 unspecified atom stereocenters. The van der Waals surface area contributed by atoms with E-state index in [-0.39, 0.29) is 5.75 Å². The van der Waals surface area contributed by atoms with Gasteiger partial charge in [-0.1, -0.05) is 6.07 Å². The summed E-state index contributed by atoms with van der Waals surface area (Å²) in [6.07, 6.45) is 2.61. The summed E-state index contributed by atoms with van der Waals surface area (Å²) in [6, 6.07) is 12.2. The van der Waals surface area contributed by atoms with Crippen molar-refractivity contribution in [2.45, 2.75) is 0 Å². The Balaban J connectivity index is 2.28. The second-order valence-electron chi connectivity index (χ2n) is 3.96. The Labute approximate surface area is 103 Å². The molecule has 0 atom stereocenters. The SMILES string of the molecule is O=Cc1c(-c2ccc(O)cc2)nn2ccccc12. The zero-order valence-electron chi connectivity index (χ0n) is 9.45. The average Bonchev–Trinajstić information content (AvgIpc) is 2.78. The molecule has 1 aromatic carbocycles. The minimum absolute atomic E-state index is 0.190. The number of carbonyl (C=O) groups is 1. The van der Waals surface area contributed by atoms with E-state index in [4.69, 9.17) is 0 Å². The molecule has 0 fully saturated rings. The summed E-state index contributed by atoms with van der Waals surface area (Å²) in [7, 11) is 0. The fourth-order valence-electron chi connectivity index (χ4n) is 1.97. The van der Waals surface area contributed by atoms with Gasteiger partial charge in [0, 0.05) is 11.8 Å².